The van der Waals surface area contributed by atoms with Crippen LogP contribution in [0.2, 0.25) is 0 Å². The molecule has 0 aliphatic carbocycles. The number of aromatic nitrogens is 2. The van der Waals surface area contributed by atoms with Gasteiger partial charge in [0.1, 0.15) is 6.54 Å². The van der Waals surface area contributed by atoms with Gasteiger partial charge in [0.15, 0.2) is 0 Å². The van der Waals surface area contributed by atoms with Crippen LogP contribution in [-0.2, 0) is 17.9 Å². The first-order chi connectivity index (χ1) is 15.9. The lowest BCUT2D eigenvalue weighted by molar-refractivity contribution is -0.132. The van der Waals surface area contributed by atoms with E-state index in [2.05, 4.69) is 5.32 Å². The van der Waals surface area contributed by atoms with Crippen molar-refractivity contribution in [1.82, 2.24) is 19.4 Å². The molecule has 0 unspecified atom stereocenters. The topological polar surface area (TPSA) is 93.4 Å². The number of carbonyl (C=O) groups excluding carboxylic acids is 2. The summed E-state index contributed by atoms with van der Waals surface area (Å²) >= 11 is 0. The van der Waals surface area contributed by atoms with Gasteiger partial charge in [-0.25, -0.2) is 4.79 Å². The molecular weight excluding hydrogens is 420 g/mol. The van der Waals surface area contributed by atoms with Crippen LogP contribution in [0.4, 0.5) is 0 Å². The molecule has 3 aromatic rings. The number of rotatable bonds is 5. The minimum absolute atomic E-state index is 0.00768. The van der Waals surface area contributed by atoms with E-state index in [1.807, 2.05) is 25.1 Å². The Morgan fingerprint density at radius 3 is 2.33 bits per heavy atom. The van der Waals surface area contributed by atoms with E-state index in [-0.39, 0.29) is 36.5 Å². The number of nitrogens with one attached hydrogen (secondary N) is 1. The number of piperidine rings is 1. The van der Waals surface area contributed by atoms with Gasteiger partial charge in [-0.2, -0.15) is 0 Å². The summed E-state index contributed by atoms with van der Waals surface area (Å²) in [5, 5.41) is 3.49. The van der Waals surface area contributed by atoms with E-state index in [0.717, 1.165) is 10.1 Å². The Morgan fingerprint density at radius 1 is 0.970 bits per heavy atom. The molecule has 0 radical (unpaired) electrons. The predicted molar refractivity (Wildman–Crippen MR) is 126 cm³/mol. The minimum atomic E-state index is -0.477. The Hall–Kier alpha value is -3.68. The molecule has 1 N–H and O–H groups in total. The van der Waals surface area contributed by atoms with E-state index in [1.54, 1.807) is 42.2 Å². The fourth-order valence-electron chi connectivity index (χ4n) is 4.40. The van der Waals surface area contributed by atoms with Crippen molar-refractivity contribution in [2.75, 3.05) is 13.1 Å². The molecule has 4 rings (SSSR count). The highest BCUT2D eigenvalue weighted by Crippen LogP contribution is 2.14. The zero-order valence-corrected chi connectivity index (χ0v) is 18.9. The second kappa shape index (κ2) is 9.44. The Balaban J connectivity index is 1.45. The largest absolute Gasteiger partial charge is 0.349 e. The molecule has 8 heteroatoms. The van der Waals surface area contributed by atoms with Gasteiger partial charge in [0, 0.05) is 31.2 Å². The van der Waals surface area contributed by atoms with Crippen molar-refractivity contribution in [1.29, 1.82) is 0 Å². The highest BCUT2D eigenvalue weighted by Gasteiger charge is 2.25. The fraction of sp³-hybridized carbons (Fsp3) is 0.360. The maximum atomic E-state index is 13.0. The third-order valence-electron chi connectivity index (χ3n) is 6.31. The minimum Gasteiger partial charge on any atom is -0.349 e. The van der Waals surface area contributed by atoms with Crippen LogP contribution in [0.25, 0.3) is 10.9 Å². The van der Waals surface area contributed by atoms with Crippen molar-refractivity contribution >= 4 is 22.7 Å². The standard InChI is InChI=1S/C25H28N4O4/c1-3-28-24(32)20-10-6-7-11-21(20)29(25(28)33)16-22(30)27-14-12-18(13-15-27)26-23(31)19-9-5-4-8-17(19)2/h4-11,18H,3,12-16H2,1-2H3,(H,26,31). The summed E-state index contributed by atoms with van der Waals surface area (Å²) in [5.41, 5.74) is 1.23. The average Bonchev–Trinajstić information content (AvgIpc) is 2.82. The van der Waals surface area contributed by atoms with Crippen LogP contribution >= 0.6 is 0 Å². The SMILES string of the molecule is CCn1c(=O)c2ccccc2n(CC(=O)N2CCC(NC(=O)c3ccccc3C)CC2)c1=O. The number of likely N-dealkylation sites (tertiary alicyclic amines) is 1. The average molecular weight is 449 g/mol. The molecule has 1 aliphatic heterocycles. The summed E-state index contributed by atoms with van der Waals surface area (Å²) < 4.78 is 2.54. The van der Waals surface area contributed by atoms with E-state index >= 15 is 0 Å². The van der Waals surface area contributed by atoms with Gasteiger partial charge in [-0.3, -0.25) is 23.5 Å². The third kappa shape index (κ3) is 4.46. The smallest absolute Gasteiger partial charge is 0.331 e. The number of amides is 2. The predicted octanol–water partition coefficient (Wildman–Crippen LogP) is 1.91. The molecule has 8 nitrogen and oxygen atoms in total. The molecule has 172 valence electrons. The van der Waals surface area contributed by atoms with Crippen molar-refractivity contribution in [3.05, 3.63) is 80.5 Å². The van der Waals surface area contributed by atoms with Gasteiger partial charge < -0.3 is 10.2 Å². The summed E-state index contributed by atoms with van der Waals surface area (Å²) in [5.74, 6) is -0.273. The second-order valence-electron chi connectivity index (χ2n) is 8.38. The summed E-state index contributed by atoms with van der Waals surface area (Å²) in [6, 6.07) is 14.3. The van der Waals surface area contributed by atoms with Crippen LogP contribution in [0.15, 0.2) is 58.1 Å². The van der Waals surface area contributed by atoms with E-state index in [1.165, 1.54) is 4.57 Å². The molecule has 0 bridgehead atoms. The van der Waals surface area contributed by atoms with Gasteiger partial charge in [0.25, 0.3) is 11.5 Å². The number of hydrogen-bond acceptors (Lipinski definition) is 4. The molecule has 2 aromatic carbocycles. The van der Waals surface area contributed by atoms with Gasteiger partial charge >= 0.3 is 5.69 Å². The van der Waals surface area contributed by atoms with Crippen LogP contribution in [-0.4, -0.2) is 45.0 Å². The van der Waals surface area contributed by atoms with Crippen molar-refractivity contribution in [3.8, 4) is 0 Å². The summed E-state index contributed by atoms with van der Waals surface area (Å²) in [6.07, 6.45) is 1.29. The molecule has 0 saturated carbocycles. The number of benzene rings is 2. The van der Waals surface area contributed by atoms with Gasteiger partial charge in [-0.05, 0) is 50.5 Å². The number of para-hydroxylation sites is 1. The van der Waals surface area contributed by atoms with Crippen molar-refractivity contribution in [3.63, 3.8) is 0 Å². The quantitative estimate of drug-likeness (QED) is 0.645. The molecule has 2 heterocycles. The molecule has 0 spiro atoms. The lowest BCUT2D eigenvalue weighted by Gasteiger charge is -2.32. The molecular formula is C25H28N4O4. The Labute approximate surface area is 191 Å². The lowest BCUT2D eigenvalue weighted by atomic mass is 10.0. The first-order valence-corrected chi connectivity index (χ1v) is 11.3. The number of aryl methyl sites for hydroxylation is 1. The first kappa shape index (κ1) is 22.5. The zero-order chi connectivity index (χ0) is 23.5. The molecule has 2 amide bonds. The molecule has 1 saturated heterocycles. The van der Waals surface area contributed by atoms with Gasteiger partial charge in [0.05, 0.1) is 10.9 Å². The first-order valence-electron chi connectivity index (χ1n) is 11.3. The van der Waals surface area contributed by atoms with Gasteiger partial charge in [-0.1, -0.05) is 30.3 Å². The number of hydrogen-bond donors (Lipinski definition) is 1. The number of carbonyl (C=O) groups is 2. The maximum absolute atomic E-state index is 13.0. The summed E-state index contributed by atoms with van der Waals surface area (Å²) in [4.78, 5) is 52.8. The fourth-order valence-corrected chi connectivity index (χ4v) is 4.40. The van der Waals surface area contributed by atoms with E-state index < -0.39 is 5.69 Å². The van der Waals surface area contributed by atoms with Crippen LogP contribution in [0, 0.1) is 6.92 Å². The van der Waals surface area contributed by atoms with E-state index in [0.29, 0.717) is 42.4 Å². The summed E-state index contributed by atoms with van der Waals surface area (Å²) in [6.45, 7) is 4.75. The van der Waals surface area contributed by atoms with Crippen LogP contribution in [0.5, 0.6) is 0 Å². The molecule has 0 atom stereocenters. The van der Waals surface area contributed by atoms with Crippen molar-refractivity contribution in [2.45, 2.75) is 45.8 Å². The Morgan fingerprint density at radius 2 is 1.64 bits per heavy atom. The Bertz CT molecular complexity index is 1320. The van der Waals surface area contributed by atoms with Crippen molar-refractivity contribution in [2.24, 2.45) is 0 Å². The highest BCUT2D eigenvalue weighted by atomic mass is 16.2. The number of nitrogens with zero attached hydrogens (tertiary/aromatic N) is 3. The molecule has 1 fully saturated rings. The van der Waals surface area contributed by atoms with Crippen LogP contribution < -0.4 is 16.6 Å². The summed E-state index contributed by atoms with van der Waals surface area (Å²) in [7, 11) is 0. The van der Waals surface area contributed by atoms with Crippen molar-refractivity contribution < 1.29 is 9.59 Å². The molecule has 1 aromatic heterocycles. The monoisotopic (exact) mass is 448 g/mol. The van der Waals surface area contributed by atoms with E-state index in [9.17, 15) is 19.2 Å². The van der Waals surface area contributed by atoms with E-state index in [4.69, 9.17) is 0 Å². The normalized spacial score (nSPS) is 14.4. The van der Waals surface area contributed by atoms with Gasteiger partial charge in [-0.15, -0.1) is 0 Å². The Kier molecular flexibility index (Phi) is 6.44. The number of fused-ring (bicyclic) bond motifs is 1. The maximum Gasteiger partial charge on any atom is 0.331 e. The van der Waals surface area contributed by atoms with Crippen LogP contribution in [0.3, 0.4) is 0 Å². The second-order valence-corrected chi connectivity index (χ2v) is 8.38. The molecule has 1 aliphatic rings. The highest BCUT2D eigenvalue weighted by molar-refractivity contribution is 5.95. The van der Waals surface area contributed by atoms with Crippen LogP contribution in [0.1, 0.15) is 35.7 Å². The third-order valence-corrected chi connectivity index (χ3v) is 6.31. The van der Waals surface area contributed by atoms with Gasteiger partial charge in [0.2, 0.25) is 5.91 Å². The lowest BCUT2D eigenvalue weighted by Crippen LogP contribution is -2.48. The zero-order valence-electron chi connectivity index (χ0n) is 18.9. The molecule has 33 heavy (non-hydrogen) atoms.